The average molecular weight is 273 g/mol. The molecule has 4 nitrogen and oxygen atoms in total. The van der Waals surface area contributed by atoms with Crippen molar-refractivity contribution in [3.63, 3.8) is 0 Å². The van der Waals surface area contributed by atoms with Crippen molar-refractivity contribution in [2.75, 3.05) is 11.9 Å². The molecule has 0 saturated heterocycles. The third-order valence-electron chi connectivity index (χ3n) is 4.38. The van der Waals surface area contributed by atoms with Crippen LogP contribution in [0.2, 0.25) is 0 Å². The van der Waals surface area contributed by atoms with E-state index in [-0.39, 0.29) is 12.6 Å². The van der Waals surface area contributed by atoms with Crippen LogP contribution in [0.25, 0.3) is 11.0 Å². The van der Waals surface area contributed by atoms with Crippen LogP contribution in [0.15, 0.2) is 24.5 Å². The van der Waals surface area contributed by atoms with Crippen molar-refractivity contribution in [3.05, 3.63) is 24.5 Å². The predicted octanol–water partition coefficient (Wildman–Crippen LogP) is 3.31. The van der Waals surface area contributed by atoms with Crippen molar-refractivity contribution < 1.29 is 5.11 Å². The van der Waals surface area contributed by atoms with E-state index < -0.39 is 0 Å². The molecule has 0 aromatic carbocycles. The van der Waals surface area contributed by atoms with Crippen LogP contribution in [0.4, 0.5) is 5.69 Å². The number of aromatic amines is 1. The number of hydrogen-bond acceptors (Lipinski definition) is 3. The molecule has 1 aliphatic rings. The lowest BCUT2D eigenvalue weighted by atomic mass is 9.85. The van der Waals surface area contributed by atoms with Crippen molar-refractivity contribution in [1.82, 2.24) is 9.97 Å². The second-order valence-electron chi connectivity index (χ2n) is 5.86. The van der Waals surface area contributed by atoms with Gasteiger partial charge in [0.05, 0.1) is 6.61 Å². The van der Waals surface area contributed by atoms with Crippen LogP contribution >= 0.6 is 0 Å². The fraction of sp³-hybridized carbons (Fsp3) is 0.562. The Hall–Kier alpha value is -1.55. The van der Waals surface area contributed by atoms with Crippen molar-refractivity contribution in [1.29, 1.82) is 0 Å². The molecule has 0 bridgehead atoms. The van der Waals surface area contributed by atoms with E-state index in [9.17, 15) is 5.11 Å². The van der Waals surface area contributed by atoms with Crippen LogP contribution in [0, 0.1) is 5.92 Å². The number of hydrogen-bond donors (Lipinski definition) is 3. The molecule has 1 aliphatic carbocycles. The normalized spacial score (nSPS) is 18.2. The van der Waals surface area contributed by atoms with Gasteiger partial charge in [-0.3, -0.25) is 0 Å². The summed E-state index contributed by atoms with van der Waals surface area (Å²) in [6.45, 7) is 0.185. The van der Waals surface area contributed by atoms with Crippen molar-refractivity contribution in [2.45, 2.75) is 44.6 Å². The van der Waals surface area contributed by atoms with E-state index in [2.05, 4.69) is 15.3 Å². The minimum Gasteiger partial charge on any atom is -0.394 e. The maximum atomic E-state index is 9.65. The highest BCUT2D eigenvalue weighted by Gasteiger charge is 2.19. The number of nitrogens with one attached hydrogen (secondary N) is 2. The maximum Gasteiger partial charge on any atom is 0.139 e. The molecule has 1 fully saturated rings. The maximum absolute atomic E-state index is 9.65. The fourth-order valence-corrected chi connectivity index (χ4v) is 3.31. The van der Waals surface area contributed by atoms with Gasteiger partial charge in [-0.2, -0.15) is 0 Å². The Balaban J connectivity index is 1.69. The molecule has 0 spiro atoms. The van der Waals surface area contributed by atoms with E-state index >= 15 is 0 Å². The Morgan fingerprint density at radius 3 is 2.95 bits per heavy atom. The molecule has 1 atom stereocenters. The van der Waals surface area contributed by atoms with Gasteiger partial charge in [0, 0.05) is 29.5 Å². The molecule has 2 heterocycles. The molecule has 4 heteroatoms. The lowest BCUT2D eigenvalue weighted by molar-refractivity contribution is 0.237. The topological polar surface area (TPSA) is 60.9 Å². The molecule has 0 radical (unpaired) electrons. The Labute approximate surface area is 119 Å². The highest BCUT2D eigenvalue weighted by molar-refractivity contribution is 5.89. The number of H-pyrrole nitrogens is 1. The predicted molar refractivity (Wildman–Crippen MR) is 81.8 cm³/mol. The van der Waals surface area contributed by atoms with Crippen LogP contribution in [0.5, 0.6) is 0 Å². The number of pyridine rings is 1. The van der Waals surface area contributed by atoms with E-state index in [4.69, 9.17) is 0 Å². The Morgan fingerprint density at radius 1 is 1.30 bits per heavy atom. The van der Waals surface area contributed by atoms with Crippen LogP contribution in [0.3, 0.4) is 0 Å². The van der Waals surface area contributed by atoms with Gasteiger partial charge in [0.1, 0.15) is 5.65 Å². The summed E-state index contributed by atoms with van der Waals surface area (Å²) in [5, 5.41) is 14.2. The molecule has 3 rings (SSSR count). The number of aliphatic hydroxyl groups excluding tert-OH is 1. The van der Waals surface area contributed by atoms with Crippen molar-refractivity contribution >= 4 is 16.7 Å². The second kappa shape index (κ2) is 6.27. The Kier molecular flexibility index (Phi) is 4.21. The summed E-state index contributed by atoms with van der Waals surface area (Å²) in [5.74, 6) is 0.761. The Bertz CT molecular complexity index is 545. The minimum atomic E-state index is 0.138. The van der Waals surface area contributed by atoms with Gasteiger partial charge in [-0.25, -0.2) is 4.98 Å². The summed E-state index contributed by atoms with van der Waals surface area (Å²) in [7, 11) is 0. The zero-order valence-electron chi connectivity index (χ0n) is 11.8. The third kappa shape index (κ3) is 2.96. The van der Waals surface area contributed by atoms with E-state index in [1.807, 2.05) is 18.3 Å². The number of aromatic nitrogens is 2. The SMILES string of the molecule is OC[C@H](CC1CCCCC1)Nc1ccnc2[nH]ccc12. The number of aliphatic hydroxyl groups is 1. The summed E-state index contributed by atoms with van der Waals surface area (Å²) in [6, 6.07) is 4.15. The highest BCUT2D eigenvalue weighted by atomic mass is 16.3. The second-order valence-corrected chi connectivity index (χ2v) is 5.86. The first-order valence-corrected chi connectivity index (χ1v) is 7.66. The van der Waals surface area contributed by atoms with Crippen molar-refractivity contribution in [2.24, 2.45) is 5.92 Å². The summed E-state index contributed by atoms with van der Waals surface area (Å²) >= 11 is 0. The van der Waals surface area contributed by atoms with Gasteiger partial charge in [-0.15, -0.1) is 0 Å². The zero-order valence-corrected chi connectivity index (χ0v) is 11.8. The first-order chi connectivity index (χ1) is 9.86. The lowest BCUT2D eigenvalue weighted by Gasteiger charge is -2.26. The van der Waals surface area contributed by atoms with Gasteiger partial charge >= 0.3 is 0 Å². The van der Waals surface area contributed by atoms with Crippen LogP contribution in [-0.2, 0) is 0 Å². The highest BCUT2D eigenvalue weighted by Crippen LogP contribution is 2.29. The van der Waals surface area contributed by atoms with Crippen molar-refractivity contribution in [3.8, 4) is 0 Å². The van der Waals surface area contributed by atoms with Gasteiger partial charge in [0.25, 0.3) is 0 Å². The molecule has 0 unspecified atom stereocenters. The molecule has 0 amide bonds. The zero-order chi connectivity index (χ0) is 13.8. The molecule has 3 N–H and O–H groups in total. The molecular weight excluding hydrogens is 250 g/mol. The van der Waals surface area contributed by atoms with Crippen LogP contribution in [-0.4, -0.2) is 27.7 Å². The van der Waals surface area contributed by atoms with Crippen LogP contribution in [0.1, 0.15) is 38.5 Å². The standard InChI is InChI=1S/C16H23N3O/c20-11-13(10-12-4-2-1-3-5-12)19-15-7-9-18-16-14(15)6-8-17-16/h6-9,12-13,20H,1-5,10-11H2,(H2,17,18,19)/t13-/m0/s1. The third-order valence-corrected chi connectivity index (χ3v) is 4.38. The van der Waals surface area contributed by atoms with E-state index in [0.717, 1.165) is 29.1 Å². The van der Waals surface area contributed by atoms with Crippen LogP contribution < -0.4 is 5.32 Å². The Morgan fingerprint density at radius 2 is 2.15 bits per heavy atom. The minimum absolute atomic E-state index is 0.138. The van der Waals surface area contributed by atoms with E-state index in [1.165, 1.54) is 32.1 Å². The van der Waals surface area contributed by atoms with E-state index in [1.54, 1.807) is 6.20 Å². The first kappa shape index (κ1) is 13.4. The largest absolute Gasteiger partial charge is 0.394 e. The first-order valence-electron chi connectivity index (χ1n) is 7.66. The summed E-state index contributed by atoms with van der Waals surface area (Å²) in [5.41, 5.74) is 1.95. The summed E-state index contributed by atoms with van der Waals surface area (Å²) < 4.78 is 0. The van der Waals surface area contributed by atoms with Gasteiger partial charge in [-0.1, -0.05) is 32.1 Å². The summed E-state index contributed by atoms with van der Waals surface area (Å²) in [6.07, 6.45) is 11.5. The number of nitrogens with zero attached hydrogens (tertiary/aromatic N) is 1. The lowest BCUT2D eigenvalue weighted by Crippen LogP contribution is -2.27. The average Bonchev–Trinajstić information content (AvgIpc) is 2.97. The van der Waals surface area contributed by atoms with Gasteiger partial charge in [0.15, 0.2) is 0 Å². The van der Waals surface area contributed by atoms with Gasteiger partial charge in [-0.05, 0) is 24.5 Å². The molecule has 2 aromatic heterocycles. The molecule has 2 aromatic rings. The molecule has 1 saturated carbocycles. The molecule has 20 heavy (non-hydrogen) atoms. The van der Waals surface area contributed by atoms with Gasteiger partial charge in [0.2, 0.25) is 0 Å². The number of anilines is 1. The number of fused-ring (bicyclic) bond motifs is 1. The monoisotopic (exact) mass is 273 g/mol. The molecule has 0 aliphatic heterocycles. The van der Waals surface area contributed by atoms with Gasteiger partial charge < -0.3 is 15.4 Å². The van der Waals surface area contributed by atoms with E-state index in [0.29, 0.717) is 0 Å². The smallest absolute Gasteiger partial charge is 0.139 e. The number of rotatable bonds is 5. The molecular formula is C16H23N3O. The molecule has 108 valence electrons. The quantitative estimate of drug-likeness (QED) is 0.783. The summed E-state index contributed by atoms with van der Waals surface area (Å²) in [4.78, 5) is 7.41. The fourth-order valence-electron chi connectivity index (χ4n) is 3.31.